The molecule has 0 N–H and O–H groups in total. The van der Waals surface area contributed by atoms with Crippen LogP contribution in [0.1, 0.15) is 5.56 Å². The van der Waals surface area contributed by atoms with Crippen molar-refractivity contribution in [1.29, 1.82) is 0 Å². The van der Waals surface area contributed by atoms with E-state index in [4.69, 9.17) is 4.74 Å². The number of hydrogen-bond acceptors (Lipinski definition) is 3. The zero-order valence-electron chi connectivity index (χ0n) is 9.92. The Morgan fingerprint density at radius 2 is 1.59 bits per heavy atom. The predicted molar refractivity (Wildman–Crippen MR) is 68.3 cm³/mol. The van der Waals surface area contributed by atoms with E-state index < -0.39 is 0 Å². The van der Waals surface area contributed by atoms with Crippen molar-refractivity contribution in [2.45, 2.75) is 6.92 Å². The summed E-state index contributed by atoms with van der Waals surface area (Å²) in [6.07, 6.45) is 0. The maximum Gasteiger partial charge on any atom is 0.119 e. The van der Waals surface area contributed by atoms with Crippen molar-refractivity contribution < 1.29 is 4.74 Å². The van der Waals surface area contributed by atoms with Crippen LogP contribution in [0.15, 0.2) is 58.8 Å². The lowest BCUT2D eigenvalue weighted by Crippen LogP contribution is -1.79. The zero-order chi connectivity index (χ0) is 12.1. The fourth-order valence-electron chi connectivity index (χ4n) is 1.45. The normalized spacial score (nSPS) is 10.7. The molecular formula is C14H14N2O. The van der Waals surface area contributed by atoms with Crippen molar-refractivity contribution >= 4 is 11.4 Å². The van der Waals surface area contributed by atoms with Gasteiger partial charge in [-0.05, 0) is 48.9 Å². The van der Waals surface area contributed by atoms with Gasteiger partial charge in [-0.25, -0.2) is 0 Å². The quantitative estimate of drug-likeness (QED) is 0.713. The Bertz CT molecular complexity index is 518. The minimum atomic E-state index is 0.812. The lowest BCUT2D eigenvalue weighted by Gasteiger charge is -1.98. The van der Waals surface area contributed by atoms with E-state index in [0.29, 0.717) is 0 Å². The summed E-state index contributed by atoms with van der Waals surface area (Å²) in [4.78, 5) is 0. The molecule has 3 heteroatoms. The molecule has 0 amide bonds. The van der Waals surface area contributed by atoms with Crippen molar-refractivity contribution in [1.82, 2.24) is 0 Å². The molecule has 0 saturated carbocycles. The van der Waals surface area contributed by atoms with E-state index in [1.54, 1.807) is 7.11 Å². The molecule has 2 aromatic carbocycles. The molecule has 0 aromatic heterocycles. The highest BCUT2D eigenvalue weighted by Gasteiger charge is 1.93. The highest BCUT2D eigenvalue weighted by molar-refractivity contribution is 5.43. The van der Waals surface area contributed by atoms with Crippen LogP contribution in [-0.4, -0.2) is 7.11 Å². The second-order valence-electron chi connectivity index (χ2n) is 3.74. The third-order valence-corrected chi connectivity index (χ3v) is 2.36. The average molecular weight is 226 g/mol. The minimum absolute atomic E-state index is 0.812. The van der Waals surface area contributed by atoms with Gasteiger partial charge in [0, 0.05) is 0 Å². The van der Waals surface area contributed by atoms with Gasteiger partial charge in [0.15, 0.2) is 0 Å². The van der Waals surface area contributed by atoms with Crippen LogP contribution in [0.4, 0.5) is 11.4 Å². The monoisotopic (exact) mass is 226 g/mol. The molecule has 2 aromatic rings. The molecule has 0 aliphatic heterocycles. The lowest BCUT2D eigenvalue weighted by atomic mass is 10.2. The summed E-state index contributed by atoms with van der Waals surface area (Å²) < 4.78 is 5.08. The summed E-state index contributed by atoms with van der Waals surface area (Å²) in [5, 5.41) is 8.34. The molecule has 17 heavy (non-hydrogen) atoms. The standard InChI is InChI=1S/C14H14N2O/c1-11-4-3-5-13(10-11)16-15-12-6-8-14(17-2)9-7-12/h3-10H,1-2H3. The summed E-state index contributed by atoms with van der Waals surface area (Å²) in [7, 11) is 1.64. The van der Waals surface area contributed by atoms with Gasteiger partial charge in [-0.1, -0.05) is 12.1 Å². The topological polar surface area (TPSA) is 34.0 Å². The van der Waals surface area contributed by atoms with Gasteiger partial charge < -0.3 is 4.74 Å². The van der Waals surface area contributed by atoms with Crippen LogP contribution >= 0.6 is 0 Å². The Balaban J connectivity index is 2.14. The molecule has 86 valence electrons. The van der Waals surface area contributed by atoms with Crippen LogP contribution in [0.25, 0.3) is 0 Å². The highest BCUT2D eigenvalue weighted by atomic mass is 16.5. The summed E-state index contributed by atoms with van der Waals surface area (Å²) in [5.74, 6) is 0.819. The molecule has 0 atom stereocenters. The molecule has 0 unspecified atom stereocenters. The number of ether oxygens (including phenoxy) is 1. The molecule has 0 saturated heterocycles. The Morgan fingerprint density at radius 3 is 2.24 bits per heavy atom. The second kappa shape index (κ2) is 5.25. The van der Waals surface area contributed by atoms with Gasteiger partial charge in [0.25, 0.3) is 0 Å². The van der Waals surface area contributed by atoms with Crippen molar-refractivity contribution in [3.8, 4) is 5.75 Å². The number of hydrogen-bond donors (Lipinski definition) is 0. The number of methoxy groups -OCH3 is 1. The predicted octanol–water partition coefficient (Wildman–Crippen LogP) is 4.42. The molecule has 0 bridgehead atoms. The van der Waals surface area contributed by atoms with E-state index in [1.165, 1.54) is 5.56 Å². The molecule has 0 spiro atoms. The minimum Gasteiger partial charge on any atom is -0.497 e. The van der Waals surface area contributed by atoms with Gasteiger partial charge in [0.2, 0.25) is 0 Å². The van der Waals surface area contributed by atoms with Gasteiger partial charge in [-0.15, -0.1) is 0 Å². The molecule has 0 aliphatic rings. The molecule has 2 rings (SSSR count). The number of nitrogens with zero attached hydrogens (tertiary/aromatic N) is 2. The van der Waals surface area contributed by atoms with Gasteiger partial charge in [0.05, 0.1) is 18.5 Å². The van der Waals surface area contributed by atoms with Gasteiger partial charge in [-0.2, -0.15) is 10.2 Å². The van der Waals surface area contributed by atoms with Gasteiger partial charge in [-0.3, -0.25) is 0 Å². The zero-order valence-corrected chi connectivity index (χ0v) is 9.92. The lowest BCUT2D eigenvalue weighted by molar-refractivity contribution is 0.415. The Labute approximate surface area is 101 Å². The number of rotatable bonds is 3. The Kier molecular flexibility index (Phi) is 3.50. The fourth-order valence-corrected chi connectivity index (χ4v) is 1.45. The first-order valence-corrected chi connectivity index (χ1v) is 5.40. The Hall–Kier alpha value is -2.16. The van der Waals surface area contributed by atoms with Crippen LogP contribution in [-0.2, 0) is 0 Å². The molecule has 0 fully saturated rings. The van der Waals surface area contributed by atoms with Crippen LogP contribution in [0.2, 0.25) is 0 Å². The van der Waals surface area contributed by atoms with E-state index in [1.807, 2.05) is 55.5 Å². The van der Waals surface area contributed by atoms with E-state index in [-0.39, 0.29) is 0 Å². The van der Waals surface area contributed by atoms with Crippen molar-refractivity contribution in [3.05, 3.63) is 54.1 Å². The van der Waals surface area contributed by atoms with Crippen LogP contribution < -0.4 is 4.74 Å². The molecule has 0 aliphatic carbocycles. The molecule has 3 nitrogen and oxygen atoms in total. The van der Waals surface area contributed by atoms with E-state index in [0.717, 1.165) is 17.1 Å². The van der Waals surface area contributed by atoms with Gasteiger partial charge >= 0.3 is 0 Å². The SMILES string of the molecule is COc1ccc(N=Nc2cccc(C)c2)cc1. The highest BCUT2D eigenvalue weighted by Crippen LogP contribution is 2.21. The van der Waals surface area contributed by atoms with E-state index in [2.05, 4.69) is 10.2 Å². The number of azo groups is 1. The Morgan fingerprint density at radius 1 is 0.882 bits per heavy atom. The fraction of sp³-hybridized carbons (Fsp3) is 0.143. The molecule has 0 radical (unpaired) electrons. The smallest absolute Gasteiger partial charge is 0.119 e. The number of aryl methyl sites for hydroxylation is 1. The maximum absolute atomic E-state index is 5.08. The van der Waals surface area contributed by atoms with Gasteiger partial charge in [0.1, 0.15) is 5.75 Å². The summed E-state index contributed by atoms with van der Waals surface area (Å²) in [5.41, 5.74) is 2.85. The first kappa shape index (κ1) is 11.3. The molecular weight excluding hydrogens is 212 g/mol. The average Bonchev–Trinajstić information content (AvgIpc) is 2.37. The third kappa shape index (κ3) is 3.14. The van der Waals surface area contributed by atoms with Crippen molar-refractivity contribution in [3.63, 3.8) is 0 Å². The largest absolute Gasteiger partial charge is 0.497 e. The van der Waals surface area contributed by atoms with E-state index >= 15 is 0 Å². The van der Waals surface area contributed by atoms with Crippen molar-refractivity contribution in [2.24, 2.45) is 10.2 Å². The van der Waals surface area contributed by atoms with Crippen LogP contribution in [0, 0.1) is 6.92 Å². The summed E-state index contributed by atoms with van der Waals surface area (Å²) in [6.45, 7) is 2.03. The summed E-state index contributed by atoms with van der Waals surface area (Å²) in [6, 6.07) is 15.4. The van der Waals surface area contributed by atoms with Crippen LogP contribution in [0.3, 0.4) is 0 Å². The summed E-state index contributed by atoms with van der Waals surface area (Å²) >= 11 is 0. The first-order valence-electron chi connectivity index (χ1n) is 5.40. The molecule has 0 heterocycles. The second-order valence-corrected chi connectivity index (χ2v) is 3.74. The number of benzene rings is 2. The maximum atomic E-state index is 5.08. The van der Waals surface area contributed by atoms with E-state index in [9.17, 15) is 0 Å². The van der Waals surface area contributed by atoms with Crippen molar-refractivity contribution in [2.75, 3.05) is 7.11 Å². The first-order chi connectivity index (χ1) is 8.28. The third-order valence-electron chi connectivity index (χ3n) is 2.36. The van der Waals surface area contributed by atoms with Crippen LogP contribution in [0.5, 0.6) is 5.75 Å².